The maximum Gasteiger partial charge on any atom is 0.315 e. The van der Waals surface area contributed by atoms with Crippen molar-refractivity contribution in [3.8, 4) is 0 Å². The number of rotatable bonds is 6. The van der Waals surface area contributed by atoms with Crippen molar-refractivity contribution < 1.29 is 22.4 Å². The van der Waals surface area contributed by atoms with E-state index in [1.165, 1.54) is 12.1 Å². The van der Waals surface area contributed by atoms with Crippen LogP contribution in [-0.2, 0) is 21.1 Å². The van der Waals surface area contributed by atoms with Gasteiger partial charge in [0.1, 0.15) is 5.82 Å². The summed E-state index contributed by atoms with van der Waals surface area (Å²) in [6, 6.07) is 5.02. The molecule has 24 heavy (non-hydrogen) atoms. The molecule has 3 amide bonds. The molecule has 1 aliphatic heterocycles. The van der Waals surface area contributed by atoms with E-state index in [-0.39, 0.29) is 29.8 Å². The second-order valence-corrected chi connectivity index (χ2v) is 7.88. The Labute approximate surface area is 139 Å². The topological polar surface area (TPSA) is 104 Å². The van der Waals surface area contributed by atoms with Crippen molar-refractivity contribution in [1.82, 2.24) is 16.0 Å². The molecule has 0 aliphatic carbocycles. The third-order valence-corrected chi connectivity index (χ3v) is 5.39. The Hall–Kier alpha value is -2.16. The molecule has 2 rings (SSSR count). The van der Waals surface area contributed by atoms with Crippen LogP contribution < -0.4 is 16.0 Å². The standard InChI is InChI=1S/C15H20FN3O4S/c16-12-3-1-11(2-4-12)5-7-17-14(20)9-18-15(21)19-13-6-8-24(22,23)10-13/h1-4,13H,5-10H2,(H,17,20)(H2,18,19,21). The molecule has 1 aromatic carbocycles. The lowest BCUT2D eigenvalue weighted by atomic mass is 10.1. The maximum absolute atomic E-state index is 12.8. The minimum Gasteiger partial charge on any atom is -0.354 e. The lowest BCUT2D eigenvalue weighted by molar-refractivity contribution is -0.120. The Morgan fingerprint density at radius 1 is 1.17 bits per heavy atom. The fourth-order valence-electron chi connectivity index (χ4n) is 2.37. The number of urea groups is 1. The van der Waals surface area contributed by atoms with Crippen molar-refractivity contribution in [3.63, 3.8) is 0 Å². The van der Waals surface area contributed by atoms with Crippen molar-refractivity contribution in [2.75, 3.05) is 24.6 Å². The quantitative estimate of drug-likeness (QED) is 0.665. The van der Waals surface area contributed by atoms with Gasteiger partial charge >= 0.3 is 6.03 Å². The molecule has 1 aliphatic rings. The molecule has 1 unspecified atom stereocenters. The number of nitrogens with one attached hydrogen (secondary N) is 3. The molecule has 3 N–H and O–H groups in total. The van der Waals surface area contributed by atoms with Gasteiger partial charge in [-0.3, -0.25) is 4.79 Å². The van der Waals surface area contributed by atoms with Crippen LogP contribution >= 0.6 is 0 Å². The van der Waals surface area contributed by atoms with Gasteiger partial charge in [-0.25, -0.2) is 17.6 Å². The summed E-state index contributed by atoms with van der Waals surface area (Å²) in [6.07, 6.45) is 0.942. The van der Waals surface area contributed by atoms with Crippen molar-refractivity contribution in [1.29, 1.82) is 0 Å². The van der Waals surface area contributed by atoms with Crippen molar-refractivity contribution in [2.45, 2.75) is 18.9 Å². The van der Waals surface area contributed by atoms with Crippen molar-refractivity contribution in [2.24, 2.45) is 0 Å². The number of amides is 3. The molecule has 1 aromatic rings. The number of carbonyl (C=O) groups is 2. The summed E-state index contributed by atoms with van der Waals surface area (Å²) in [5.74, 6) is -0.661. The van der Waals surface area contributed by atoms with Crippen molar-refractivity contribution >= 4 is 21.8 Å². The summed E-state index contributed by atoms with van der Waals surface area (Å²) < 4.78 is 35.3. The summed E-state index contributed by atoms with van der Waals surface area (Å²) >= 11 is 0. The van der Waals surface area contributed by atoms with Crippen LogP contribution in [0.2, 0.25) is 0 Å². The average Bonchev–Trinajstić information content (AvgIpc) is 2.86. The van der Waals surface area contributed by atoms with Crippen LogP contribution in [0.3, 0.4) is 0 Å². The van der Waals surface area contributed by atoms with Crippen LogP contribution in [0.15, 0.2) is 24.3 Å². The predicted octanol–water partition coefficient (Wildman–Crippen LogP) is -0.0293. The van der Waals surface area contributed by atoms with Crippen LogP contribution in [0.4, 0.5) is 9.18 Å². The normalized spacial score (nSPS) is 18.8. The molecular weight excluding hydrogens is 337 g/mol. The average molecular weight is 357 g/mol. The fourth-order valence-corrected chi connectivity index (χ4v) is 4.04. The summed E-state index contributed by atoms with van der Waals surface area (Å²) in [5, 5.41) is 7.56. The van der Waals surface area contributed by atoms with Gasteiger partial charge in [-0.1, -0.05) is 12.1 Å². The first-order valence-electron chi connectivity index (χ1n) is 7.60. The highest BCUT2D eigenvalue weighted by Gasteiger charge is 2.28. The minimum atomic E-state index is -3.06. The molecule has 0 radical (unpaired) electrons. The summed E-state index contributed by atoms with van der Waals surface area (Å²) in [6.45, 7) is 0.170. The molecular formula is C15H20FN3O4S. The monoisotopic (exact) mass is 357 g/mol. The summed E-state index contributed by atoms with van der Waals surface area (Å²) in [7, 11) is -3.06. The molecule has 0 saturated carbocycles. The predicted molar refractivity (Wildman–Crippen MR) is 86.7 cm³/mol. The Morgan fingerprint density at radius 2 is 1.88 bits per heavy atom. The Kier molecular flexibility index (Phi) is 6.13. The minimum absolute atomic E-state index is 0.0652. The number of hydrogen-bond acceptors (Lipinski definition) is 4. The van der Waals surface area contributed by atoms with Crippen LogP contribution in [-0.4, -0.2) is 51.0 Å². The maximum atomic E-state index is 12.8. The number of sulfone groups is 1. The zero-order valence-electron chi connectivity index (χ0n) is 13.0. The Bertz CT molecular complexity index is 691. The van der Waals surface area contributed by atoms with Gasteiger partial charge in [-0.2, -0.15) is 0 Å². The zero-order valence-corrected chi connectivity index (χ0v) is 13.9. The molecule has 1 atom stereocenters. The second-order valence-electron chi connectivity index (χ2n) is 5.65. The summed E-state index contributed by atoms with van der Waals surface area (Å²) in [4.78, 5) is 23.2. The molecule has 1 saturated heterocycles. The largest absolute Gasteiger partial charge is 0.354 e. The number of carbonyl (C=O) groups excluding carboxylic acids is 2. The fraction of sp³-hybridized carbons (Fsp3) is 0.467. The van der Waals surface area contributed by atoms with Gasteiger partial charge in [0, 0.05) is 12.6 Å². The van der Waals surface area contributed by atoms with Crippen molar-refractivity contribution in [3.05, 3.63) is 35.6 Å². The van der Waals surface area contributed by atoms with Gasteiger partial charge in [-0.15, -0.1) is 0 Å². The van der Waals surface area contributed by atoms with Crippen LogP contribution in [0.5, 0.6) is 0 Å². The third-order valence-electron chi connectivity index (χ3n) is 3.63. The van der Waals surface area contributed by atoms with E-state index in [4.69, 9.17) is 0 Å². The highest BCUT2D eigenvalue weighted by atomic mass is 32.2. The smallest absolute Gasteiger partial charge is 0.315 e. The highest BCUT2D eigenvalue weighted by molar-refractivity contribution is 7.91. The molecule has 9 heteroatoms. The number of hydrogen-bond donors (Lipinski definition) is 3. The van der Waals surface area contributed by atoms with E-state index in [1.807, 2.05) is 0 Å². The lowest BCUT2D eigenvalue weighted by Crippen LogP contribution is -2.46. The lowest BCUT2D eigenvalue weighted by Gasteiger charge is -2.12. The molecule has 1 fully saturated rings. The van der Waals surface area contributed by atoms with Crippen LogP contribution in [0, 0.1) is 5.82 Å². The van der Waals surface area contributed by atoms with E-state index in [0.29, 0.717) is 19.4 Å². The molecule has 0 bridgehead atoms. The van der Waals surface area contributed by atoms with E-state index in [1.54, 1.807) is 12.1 Å². The van der Waals surface area contributed by atoms with E-state index in [2.05, 4.69) is 16.0 Å². The van der Waals surface area contributed by atoms with Crippen LogP contribution in [0.1, 0.15) is 12.0 Å². The van der Waals surface area contributed by atoms with E-state index in [0.717, 1.165) is 5.56 Å². The van der Waals surface area contributed by atoms with Gasteiger partial charge < -0.3 is 16.0 Å². The Balaban J connectivity index is 1.60. The van der Waals surface area contributed by atoms with E-state index in [9.17, 15) is 22.4 Å². The van der Waals surface area contributed by atoms with Crippen LogP contribution in [0.25, 0.3) is 0 Å². The number of benzene rings is 1. The van der Waals surface area contributed by atoms with E-state index >= 15 is 0 Å². The first-order valence-corrected chi connectivity index (χ1v) is 9.42. The molecule has 7 nitrogen and oxygen atoms in total. The Morgan fingerprint density at radius 3 is 2.50 bits per heavy atom. The highest BCUT2D eigenvalue weighted by Crippen LogP contribution is 2.10. The molecule has 0 spiro atoms. The third kappa shape index (κ3) is 6.15. The molecule has 1 heterocycles. The van der Waals surface area contributed by atoms with Gasteiger partial charge in [0.25, 0.3) is 0 Å². The van der Waals surface area contributed by atoms with Gasteiger partial charge in [-0.05, 0) is 30.5 Å². The molecule has 0 aromatic heterocycles. The first kappa shape index (κ1) is 18.2. The SMILES string of the molecule is O=C(CNC(=O)NC1CCS(=O)(=O)C1)NCCc1ccc(F)cc1. The molecule has 132 valence electrons. The van der Waals surface area contributed by atoms with E-state index < -0.39 is 21.9 Å². The summed E-state index contributed by atoms with van der Waals surface area (Å²) in [5.41, 5.74) is 0.893. The zero-order chi connectivity index (χ0) is 17.6. The number of halogens is 1. The van der Waals surface area contributed by atoms with Gasteiger partial charge in [0.2, 0.25) is 5.91 Å². The first-order chi connectivity index (χ1) is 11.3. The second kappa shape index (κ2) is 8.09. The van der Waals surface area contributed by atoms with Gasteiger partial charge in [0.05, 0.1) is 18.1 Å². The van der Waals surface area contributed by atoms with Gasteiger partial charge in [0.15, 0.2) is 9.84 Å².